The van der Waals surface area contributed by atoms with E-state index in [-0.39, 0.29) is 24.3 Å². The molecule has 1 N–H and O–H groups in total. The van der Waals surface area contributed by atoms with Gasteiger partial charge in [0.1, 0.15) is 5.82 Å². The maximum absolute atomic E-state index is 13.0. The molecule has 0 spiro atoms. The van der Waals surface area contributed by atoms with Gasteiger partial charge in [0.2, 0.25) is 0 Å². The van der Waals surface area contributed by atoms with Crippen molar-refractivity contribution >= 4 is 5.91 Å². The van der Waals surface area contributed by atoms with E-state index in [2.05, 4.69) is 5.10 Å². The molecule has 2 atom stereocenters. The van der Waals surface area contributed by atoms with E-state index in [0.717, 1.165) is 5.56 Å². The first-order valence-corrected chi connectivity index (χ1v) is 6.78. The summed E-state index contributed by atoms with van der Waals surface area (Å²) in [5.41, 5.74) is 1.31. The van der Waals surface area contributed by atoms with Gasteiger partial charge in [-0.3, -0.25) is 9.48 Å². The van der Waals surface area contributed by atoms with E-state index in [0.29, 0.717) is 12.0 Å². The number of aromatic nitrogens is 2. The number of amides is 1. The molecule has 21 heavy (non-hydrogen) atoms. The molecule has 1 aliphatic rings. The van der Waals surface area contributed by atoms with Gasteiger partial charge >= 0.3 is 0 Å². The van der Waals surface area contributed by atoms with Crippen LogP contribution in [0, 0.1) is 5.82 Å². The van der Waals surface area contributed by atoms with E-state index in [1.165, 1.54) is 18.3 Å². The summed E-state index contributed by atoms with van der Waals surface area (Å²) in [7, 11) is 1.74. The van der Waals surface area contributed by atoms with Gasteiger partial charge in [0, 0.05) is 19.8 Å². The summed E-state index contributed by atoms with van der Waals surface area (Å²) in [6, 6.07) is 5.80. The molecule has 1 amide bonds. The van der Waals surface area contributed by atoms with E-state index in [4.69, 9.17) is 0 Å². The second-order valence-electron chi connectivity index (χ2n) is 5.32. The van der Waals surface area contributed by atoms with E-state index in [9.17, 15) is 14.3 Å². The minimum absolute atomic E-state index is 0.172. The number of benzene rings is 1. The number of rotatable bonds is 2. The fraction of sp³-hybridized carbons (Fsp3) is 0.333. The third-order valence-corrected chi connectivity index (χ3v) is 3.75. The van der Waals surface area contributed by atoms with Crippen molar-refractivity contribution in [3.63, 3.8) is 0 Å². The van der Waals surface area contributed by atoms with Crippen LogP contribution in [0.15, 0.2) is 36.7 Å². The third kappa shape index (κ3) is 2.67. The SMILES string of the molecule is Cn1cc(C(=O)N2C[C@H](O)C[C@@H]2c2ccc(F)cc2)cn1. The number of hydrogen-bond donors (Lipinski definition) is 1. The number of aliphatic hydroxyl groups is 1. The van der Waals surface area contributed by atoms with Crippen molar-refractivity contribution in [3.8, 4) is 0 Å². The van der Waals surface area contributed by atoms with Crippen molar-refractivity contribution in [1.82, 2.24) is 14.7 Å². The van der Waals surface area contributed by atoms with Crippen LogP contribution in [0.4, 0.5) is 4.39 Å². The summed E-state index contributed by atoms with van der Waals surface area (Å²) in [4.78, 5) is 14.2. The largest absolute Gasteiger partial charge is 0.391 e. The van der Waals surface area contributed by atoms with Crippen molar-refractivity contribution in [1.29, 1.82) is 0 Å². The number of aryl methyl sites for hydroxylation is 1. The van der Waals surface area contributed by atoms with Crippen molar-refractivity contribution in [3.05, 3.63) is 53.6 Å². The van der Waals surface area contributed by atoms with Crippen LogP contribution in [-0.2, 0) is 7.05 Å². The van der Waals surface area contributed by atoms with Gasteiger partial charge in [-0.25, -0.2) is 4.39 Å². The summed E-state index contributed by atoms with van der Waals surface area (Å²) < 4.78 is 14.6. The number of likely N-dealkylation sites (tertiary alicyclic amines) is 1. The molecule has 2 aromatic rings. The number of halogens is 1. The maximum Gasteiger partial charge on any atom is 0.257 e. The Bertz CT molecular complexity index is 653. The highest BCUT2D eigenvalue weighted by atomic mass is 19.1. The lowest BCUT2D eigenvalue weighted by atomic mass is 10.0. The Morgan fingerprint density at radius 3 is 2.71 bits per heavy atom. The van der Waals surface area contributed by atoms with Crippen LogP contribution >= 0.6 is 0 Å². The first-order valence-electron chi connectivity index (χ1n) is 6.78. The van der Waals surface area contributed by atoms with Crippen LogP contribution in [0.3, 0.4) is 0 Å². The Balaban J connectivity index is 1.88. The summed E-state index contributed by atoms with van der Waals surface area (Å²) in [5, 5.41) is 13.9. The van der Waals surface area contributed by atoms with Crippen molar-refractivity contribution in [2.24, 2.45) is 7.05 Å². The Morgan fingerprint density at radius 1 is 1.38 bits per heavy atom. The first-order chi connectivity index (χ1) is 10.0. The Hall–Kier alpha value is -2.21. The van der Waals surface area contributed by atoms with Crippen LogP contribution in [-0.4, -0.2) is 38.3 Å². The summed E-state index contributed by atoms with van der Waals surface area (Å²) >= 11 is 0. The van der Waals surface area contributed by atoms with Crippen LogP contribution in [0.1, 0.15) is 28.4 Å². The molecule has 110 valence electrons. The van der Waals surface area contributed by atoms with Crippen molar-refractivity contribution < 1.29 is 14.3 Å². The number of aliphatic hydroxyl groups excluding tert-OH is 1. The van der Waals surface area contributed by atoms with Gasteiger partial charge in [-0.1, -0.05) is 12.1 Å². The van der Waals surface area contributed by atoms with Crippen molar-refractivity contribution in [2.75, 3.05) is 6.54 Å². The Labute approximate surface area is 121 Å². The quantitative estimate of drug-likeness (QED) is 0.911. The van der Waals surface area contributed by atoms with Gasteiger partial charge in [-0.15, -0.1) is 0 Å². The highest BCUT2D eigenvalue weighted by Crippen LogP contribution is 2.33. The number of carbonyl (C=O) groups is 1. The molecule has 0 radical (unpaired) electrons. The van der Waals surface area contributed by atoms with Gasteiger partial charge in [0.05, 0.1) is 23.9 Å². The molecule has 2 heterocycles. The molecule has 1 aromatic heterocycles. The molecule has 0 saturated carbocycles. The Kier molecular flexibility index (Phi) is 3.47. The fourth-order valence-corrected chi connectivity index (χ4v) is 2.74. The molecular formula is C15H16FN3O2. The predicted molar refractivity (Wildman–Crippen MR) is 74.0 cm³/mol. The maximum atomic E-state index is 13.0. The average molecular weight is 289 g/mol. The van der Waals surface area contributed by atoms with E-state index < -0.39 is 6.10 Å². The average Bonchev–Trinajstić information content (AvgIpc) is 3.05. The second-order valence-corrected chi connectivity index (χ2v) is 5.32. The minimum atomic E-state index is -0.569. The van der Waals surface area contributed by atoms with Gasteiger partial charge in [-0.2, -0.15) is 5.10 Å². The van der Waals surface area contributed by atoms with Gasteiger partial charge in [-0.05, 0) is 24.1 Å². The van der Waals surface area contributed by atoms with E-state index in [1.54, 1.807) is 35.0 Å². The molecule has 1 aromatic carbocycles. The standard InChI is InChI=1S/C15H16FN3O2/c1-18-8-11(7-17-18)15(21)19-9-13(20)6-14(19)10-2-4-12(16)5-3-10/h2-5,7-8,13-14,20H,6,9H2,1H3/t13-,14-/m1/s1. The number of carbonyl (C=O) groups excluding carboxylic acids is 1. The molecule has 0 unspecified atom stereocenters. The summed E-state index contributed by atoms with van der Waals surface area (Å²) in [6.45, 7) is 0.274. The van der Waals surface area contributed by atoms with E-state index in [1.807, 2.05) is 0 Å². The lowest BCUT2D eigenvalue weighted by Gasteiger charge is -2.24. The molecule has 1 fully saturated rings. The Morgan fingerprint density at radius 2 is 2.10 bits per heavy atom. The summed E-state index contributed by atoms with van der Waals surface area (Å²) in [6.07, 6.45) is 3.04. The second kappa shape index (κ2) is 5.29. The molecule has 0 aliphatic carbocycles. The zero-order valence-corrected chi connectivity index (χ0v) is 11.6. The minimum Gasteiger partial charge on any atom is -0.391 e. The molecular weight excluding hydrogens is 273 g/mol. The van der Waals surface area contributed by atoms with E-state index >= 15 is 0 Å². The number of β-amino-alcohol motifs (C(OH)–C–C–N with tert-alkyl or cyclic N) is 1. The smallest absolute Gasteiger partial charge is 0.257 e. The summed E-state index contributed by atoms with van der Waals surface area (Å²) in [5.74, 6) is -0.489. The molecule has 3 rings (SSSR count). The van der Waals surface area contributed by atoms with Crippen LogP contribution in [0.2, 0.25) is 0 Å². The van der Waals surface area contributed by atoms with Gasteiger partial charge in [0.15, 0.2) is 0 Å². The highest BCUT2D eigenvalue weighted by Gasteiger charge is 2.36. The van der Waals surface area contributed by atoms with Crippen molar-refractivity contribution in [2.45, 2.75) is 18.6 Å². The number of nitrogens with zero attached hydrogens (tertiary/aromatic N) is 3. The molecule has 5 nitrogen and oxygen atoms in total. The zero-order chi connectivity index (χ0) is 15.0. The van der Waals surface area contributed by atoms with Gasteiger partial charge < -0.3 is 10.0 Å². The van der Waals surface area contributed by atoms with Gasteiger partial charge in [0.25, 0.3) is 5.91 Å². The number of hydrogen-bond acceptors (Lipinski definition) is 3. The molecule has 1 saturated heterocycles. The highest BCUT2D eigenvalue weighted by molar-refractivity contribution is 5.94. The molecule has 6 heteroatoms. The molecule has 1 aliphatic heterocycles. The normalized spacial score (nSPS) is 21.8. The van der Waals surface area contributed by atoms with Crippen LogP contribution < -0.4 is 0 Å². The zero-order valence-electron chi connectivity index (χ0n) is 11.6. The fourth-order valence-electron chi connectivity index (χ4n) is 2.74. The molecule has 0 bridgehead atoms. The van der Waals surface area contributed by atoms with Crippen LogP contribution in [0.25, 0.3) is 0 Å². The lowest BCUT2D eigenvalue weighted by molar-refractivity contribution is 0.0715. The third-order valence-electron chi connectivity index (χ3n) is 3.75. The van der Waals surface area contributed by atoms with Crippen LogP contribution in [0.5, 0.6) is 0 Å². The topological polar surface area (TPSA) is 58.4 Å². The monoisotopic (exact) mass is 289 g/mol. The lowest BCUT2D eigenvalue weighted by Crippen LogP contribution is -2.31. The first kappa shape index (κ1) is 13.8. The predicted octanol–water partition coefficient (Wildman–Crippen LogP) is 1.51.